The van der Waals surface area contributed by atoms with E-state index in [4.69, 9.17) is 12.2 Å². The van der Waals surface area contributed by atoms with Crippen molar-refractivity contribution in [2.75, 3.05) is 11.9 Å². The predicted octanol–water partition coefficient (Wildman–Crippen LogP) is 3.99. The Kier molecular flexibility index (Phi) is 9.93. The Morgan fingerprint density at radius 3 is 2.33 bits per heavy atom. The van der Waals surface area contributed by atoms with Crippen LogP contribution in [0.5, 0.6) is 0 Å². The second-order valence-electron chi connectivity index (χ2n) is 6.97. The van der Waals surface area contributed by atoms with Crippen LogP contribution in [0.25, 0.3) is 0 Å². The van der Waals surface area contributed by atoms with Crippen molar-refractivity contribution >= 4 is 38.9 Å². The second-order valence-corrected chi connectivity index (χ2v) is 9.15. The summed E-state index contributed by atoms with van der Waals surface area (Å²) in [6.07, 6.45) is 5.16. The van der Waals surface area contributed by atoms with Gasteiger partial charge in [0.15, 0.2) is 5.11 Å². The highest BCUT2D eigenvalue weighted by molar-refractivity contribution is 7.89. The molecule has 0 radical (unpaired) electrons. The lowest BCUT2D eigenvalue weighted by Gasteiger charge is -2.11. The summed E-state index contributed by atoms with van der Waals surface area (Å²) < 4.78 is 27.5. The van der Waals surface area contributed by atoms with E-state index in [9.17, 15) is 13.2 Å². The second kappa shape index (κ2) is 12.4. The maximum Gasteiger partial charge on any atom is 0.240 e. The third-order valence-corrected chi connectivity index (χ3v) is 6.16. The van der Waals surface area contributed by atoms with Gasteiger partial charge in [0.25, 0.3) is 0 Å². The van der Waals surface area contributed by atoms with Crippen LogP contribution in [0.1, 0.15) is 44.6 Å². The number of benzene rings is 2. The minimum Gasteiger partial charge on any atom is -0.332 e. The van der Waals surface area contributed by atoms with Crippen LogP contribution in [0.15, 0.2) is 59.5 Å². The van der Waals surface area contributed by atoms with Crippen LogP contribution >= 0.6 is 12.2 Å². The molecule has 2 aromatic rings. The molecule has 3 N–H and O–H groups in total. The molecule has 162 valence electrons. The van der Waals surface area contributed by atoms with Crippen molar-refractivity contribution in [1.29, 1.82) is 0 Å². The van der Waals surface area contributed by atoms with Gasteiger partial charge in [0.1, 0.15) is 0 Å². The van der Waals surface area contributed by atoms with Gasteiger partial charge in [-0.25, -0.2) is 13.1 Å². The molecular formula is C22H29N3O3S2. The first kappa shape index (κ1) is 24.0. The maximum absolute atomic E-state index is 12.4. The molecule has 1 amide bonds. The first-order valence-electron chi connectivity index (χ1n) is 10.1. The van der Waals surface area contributed by atoms with Crippen molar-refractivity contribution in [2.45, 2.75) is 50.3 Å². The number of carbonyl (C=O) groups excluding carboxylic acids is 1. The highest BCUT2D eigenvalue weighted by Gasteiger charge is 2.13. The molecule has 0 heterocycles. The fraction of sp³-hybridized carbons (Fsp3) is 0.364. The molecule has 6 nitrogen and oxygen atoms in total. The quantitative estimate of drug-likeness (QED) is 0.358. The average molecular weight is 448 g/mol. The Morgan fingerprint density at radius 2 is 1.67 bits per heavy atom. The fourth-order valence-electron chi connectivity index (χ4n) is 2.84. The van der Waals surface area contributed by atoms with Crippen molar-refractivity contribution in [2.24, 2.45) is 0 Å². The Bertz CT molecular complexity index is 914. The van der Waals surface area contributed by atoms with Gasteiger partial charge in [0.2, 0.25) is 15.9 Å². The zero-order chi connectivity index (χ0) is 21.8. The highest BCUT2D eigenvalue weighted by Crippen LogP contribution is 2.14. The Balaban J connectivity index is 1.80. The number of thiocarbonyl (C=S) groups is 1. The zero-order valence-electron chi connectivity index (χ0n) is 17.2. The number of unbranched alkanes of at least 4 members (excludes halogenated alkanes) is 3. The Labute approximate surface area is 184 Å². The summed E-state index contributed by atoms with van der Waals surface area (Å²) in [6, 6.07) is 15.9. The summed E-state index contributed by atoms with van der Waals surface area (Å²) in [7, 11) is -3.59. The topological polar surface area (TPSA) is 87.3 Å². The molecule has 0 aliphatic carbocycles. The molecule has 0 atom stereocenters. The minimum absolute atomic E-state index is 0.120. The van der Waals surface area contributed by atoms with Crippen LogP contribution in [0, 0.1) is 0 Å². The molecule has 2 rings (SSSR count). The van der Waals surface area contributed by atoms with Gasteiger partial charge in [-0.3, -0.25) is 4.79 Å². The van der Waals surface area contributed by atoms with E-state index in [1.165, 1.54) is 12.1 Å². The number of carbonyl (C=O) groups is 1. The lowest BCUT2D eigenvalue weighted by atomic mass is 10.1. The standard InChI is InChI=1S/C22H29N3O3S2/c1-2-3-4-8-11-21(26)25-22(29)24-19-12-14-20(15-13-19)30(27,28)23-17-16-18-9-6-5-7-10-18/h5-7,9-10,12-15,23H,2-4,8,11,16-17H2,1H3,(H2,24,25,26,29). The lowest BCUT2D eigenvalue weighted by Crippen LogP contribution is -2.33. The third-order valence-electron chi connectivity index (χ3n) is 4.48. The summed E-state index contributed by atoms with van der Waals surface area (Å²) in [5.41, 5.74) is 1.68. The van der Waals surface area contributed by atoms with Crippen molar-refractivity contribution in [3.63, 3.8) is 0 Å². The smallest absolute Gasteiger partial charge is 0.240 e. The lowest BCUT2D eigenvalue weighted by molar-refractivity contribution is -0.119. The third kappa shape index (κ3) is 8.61. The molecular weight excluding hydrogens is 418 g/mol. The van der Waals surface area contributed by atoms with Crippen LogP contribution in [0.4, 0.5) is 5.69 Å². The SMILES string of the molecule is CCCCCCC(=O)NC(=S)Nc1ccc(S(=O)(=O)NCCc2ccccc2)cc1. The van der Waals surface area contributed by atoms with E-state index in [1.807, 2.05) is 30.3 Å². The molecule has 0 aliphatic rings. The van der Waals surface area contributed by atoms with Crippen molar-refractivity contribution in [3.8, 4) is 0 Å². The number of hydrogen-bond acceptors (Lipinski definition) is 4. The van der Waals surface area contributed by atoms with E-state index in [0.29, 0.717) is 25.1 Å². The maximum atomic E-state index is 12.4. The first-order chi connectivity index (χ1) is 14.4. The molecule has 8 heteroatoms. The summed E-state index contributed by atoms with van der Waals surface area (Å²) >= 11 is 5.15. The molecule has 2 aromatic carbocycles. The Hall–Kier alpha value is -2.29. The van der Waals surface area contributed by atoms with Gasteiger partial charge in [-0.2, -0.15) is 0 Å². The van der Waals surface area contributed by atoms with E-state index in [1.54, 1.807) is 12.1 Å². The van der Waals surface area contributed by atoms with Crippen molar-refractivity contribution < 1.29 is 13.2 Å². The fourth-order valence-corrected chi connectivity index (χ4v) is 4.10. The predicted molar refractivity (Wildman–Crippen MR) is 125 cm³/mol. The van der Waals surface area contributed by atoms with Gasteiger partial charge in [-0.1, -0.05) is 56.5 Å². The minimum atomic E-state index is -3.59. The summed E-state index contributed by atoms with van der Waals surface area (Å²) in [4.78, 5) is 12.0. The van der Waals surface area contributed by atoms with E-state index in [0.717, 1.165) is 31.2 Å². The van der Waals surface area contributed by atoms with E-state index in [-0.39, 0.29) is 15.9 Å². The van der Waals surface area contributed by atoms with Gasteiger partial charge >= 0.3 is 0 Å². The summed E-state index contributed by atoms with van der Waals surface area (Å²) in [6.45, 7) is 2.44. The average Bonchev–Trinajstić information content (AvgIpc) is 2.72. The molecule has 30 heavy (non-hydrogen) atoms. The highest BCUT2D eigenvalue weighted by atomic mass is 32.2. The number of hydrogen-bond donors (Lipinski definition) is 3. The van der Waals surface area contributed by atoms with E-state index >= 15 is 0 Å². The molecule has 0 fully saturated rings. The molecule has 0 aliphatic heterocycles. The van der Waals surface area contributed by atoms with Gasteiger partial charge in [-0.15, -0.1) is 0 Å². The molecule has 0 spiro atoms. The normalized spacial score (nSPS) is 11.1. The first-order valence-corrected chi connectivity index (χ1v) is 12.0. The number of nitrogens with one attached hydrogen (secondary N) is 3. The van der Waals surface area contributed by atoms with Crippen LogP contribution in [0.3, 0.4) is 0 Å². The van der Waals surface area contributed by atoms with Gasteiger partial charge in [-0.05, 0) is 54.9 Å². The van der Waals surface area contributed by atoms with Gasteiger partial charge in [0.05, 0.1) is 4.90 Å². The summed E-state index contributed by atoms with van der Waals surface area (Å²) in [5, 5.41) is 5.75. The summed E-state index contributed by atoms with van der Waals surface area (Å²) in [5.74, 6) is -0.120. The van der Waals surface area contributed by atoms with Gasteiger partial charge < -0.3 is 10.6 Å². The van der Waals surface area contributed by atoms with Crippen molar-refractivity contribution in [1.82, 2.24) is 10.0 Å². The molecule has 0 bridgehead atoms. The molecule has 0 aromatic heterocycles. The van der Waals surface area contributed by atoms with E-state index < -0.39 is 10.0 Å². The van der Waals surface area contributed by atoms with E-state index in [2.05, 4.69) is 22.3 Å². The number of amides is 1. The van der Waals surface area contributed by atoms with Crippen LogP contribution in [-0.4, -0.2) is 26.0 Å². The number of rotatable bonds is 11. The number of anilines is 1. The molecule has 0 saturated heterocycles. The monoisotopic (exact) mass is 447 g/mol. The Morgan fingerprint density at radius 1 is 0.967 bits per heavy atom. The van der Waals surface area contributed by atoms with Crippen LogP contribution < -0.4 is 15.4 Å². The largest absolute Gasteiger partial charge is 0.332 e. The number of sulfonamides is 1. The van der Waals surface area contributed by atoms with Gasteiger partial charge in [0, 0.05) is 18.7 Å². The molecule has 0 unspecified atom stereocenters. The molecule has 0 saturated carbocycles. The van der Waals surface area contributed by atoms with Crippen LogP contribution in [-0.2, 0) is 21.2 Å². The van der Waals surface area contributed by atoms with Crippen LogP contribution in [0.2, 0.25) is 0 Å². The van der Waals surface area contributed by atoms with Crippen molar-refractivity contribution in [3.05, 3.63) is 60.2 Å². The zero-order valence-corrected chi connectivity index (χ0v) is 18.8.